The predicted octanol–water partition coefficient (Wildman–Crippen LogP) is 3.60. The molecule has 0 unspecified atom stereocenters. The monoisotopic (exact) mass is 368 g/mol. The van der Waals surface area contributed by atoms with Crippen molar-refractivity contribution in [3.63, 3.8) is 0 Å². The maximum absolute atomic E-state index is 10.2. The summed E-state index contributed by atoms with van der Waals surface area (Å²) in [5.41, 5.74) is 2.98. The first-order valence-electron chi connectivity index (χ1n) is 8.48. The molecule has 0 amide bonds. The van der Waals surface area contributed by atoms with Crippen LogP contribution in [0, 0.1) is 11.8 Å². The Morgan fingerprint density at radius 1 is 1.00 bits per heavy atom. The van der Waals surface area contributed by atoms with E-state index in [9.17, 15) is 5.11 Å². The van der Waals surface area contributed by atoms with Gasteiger partial charge in [0.25, 0.3) is 0 Å². The third-order valence-electron chi connectivity index (χ3n) is 4.04. The van der Waals surface area contributed by atoms with Gasteiger partial charge in [0, 0.05) is 13.0 Å². The lowest BCUT2D eigenvalue weighted by Crippen LogP contribution is -1.95. The SMILES string of the molecule is C=C(c1ccc(OC)c(C#CCCCO)c1)c1cc(O)c(OC)c(OC)c1. The summed E-state index contributed by atoms with van der Waals surface area (Å²) >= 11 is 0. The topological polar surface area (TPSA) is 68.2 Å². The van der Waals surface area contributed by atoms with Crippen molar-refractivity contribution in [1.29, 1.82) is 0 Å². The first-order valence-corrected chi connectivity index (χ1v) is 8.48. The van der Waals surface area contributed by atoms with Crippen LogP contribution in [0.3, 0.4) is 0 Å². The van der Waals surface area contributed by atoms with E-state index in [1.165, 1.54) is 14.2 Å². The van der Waals surface area contributed by atoms with Gasteiger partial charge in [-0.15, -0.1) is 0 Å². The van der Waals surface area contributed by atoms with E-state index < -0.39 is 0 Å². The molecule has 5 nitrogen and oxygen atoms in total. The minimum absolute atomic E-state index is 0.0227. The number of aliphatic hydroxyl groups is 1. The first kappa shape index (κ1) is 20.2. The van der Waals surface area contributed by atoms with Gasteiger partial charge in [0.05, 0.1) is 26.9 Å². The van der Waals surface area contributed by atoms with Gasteiger partial charge in [-0.1, -0.05) is 24.5 Å². The number of aromatic hydroxyl groups is 1. The van der Waals surface area contributed by atoms with E-state index in [1.807, 2.05) is 18.2 Å². The molecule has 0 aliphatic rings. The Kier molecular flexibility index (Phi) is 7.16. The van der Waals surface area contributed by atoms with Gasteiger partial charge in [0.15, 0.2) is 11.5 Å². The van der Waals surface area contributed by atoms with Gasteiger partial charge in [-0.25, -0.2) is 0 Å². The molecule has 27 heavy (non-hydrogen) atoms. The van der Waals surface area contributed by atoms with E-state index in [-0.39, 0.29) is 18.1 Å². The molecule has 0 saturated heterocycles. The summed E-state index contributed by atoms with van der Waals surface area (Å²) in [5, 5.41) is 19.1. The molecule has 2 N–H and O–H groups in total. The number of methoxy groups -OCH3 is 3. The Bertz CT molecular complexity index is 874. The molecule has 2 rings (SSSR count). The van der Waals surface area contributed by atoms with E-state index in [1.54, 1.807) is 19.2 Å². The molecule has 2 aromatic carbocycles. The van der Waals surface area contributed by atoms with E-state index >= 15 is 0 Å². The van der Waals surface area contributed by atoms with Crippen LogP contribution in [0.2, 0.25) is 0 Å². The van der Waals surface area contributed by atoms with Crippen LogP contribution in [0.4, 0.5) is 0 Å². The molecule has 0 aliphatic heterocycles. The Hall–Kier alpha value is -3.10. The lowest BCUT2D eigenvalue weighted by molar-refractivity contribution is 0.290. The molecule has 0 atom stereocenters. The second-order valence-corrected chi connectivity index (χ2v) is 5.75. The molecular formula is C22H24O5. The van der Waals surface area contributed by atoms with Crippen LogP contribution in [0.25, 0.3) is 5.57 Å². The lowest BCUT2D eigenvalue weighted by atomic mass is 9.97. The molecule has 5 heteroatoms. The largest absolute Gasteiger partial charge is 0.504 e. The molecule has 0 saturated carbocycles. The lowest BCUT2D eigenvalue weighted by Gasteiger charge is -2.14. The Balaban J connectivity index is 2.41. The summed E-state index contributed by atoms with van der Waals surface area (Å²) in [6.45, 7) is 4.26. The summed E-state index contributed by atoms with van der Waals surface area (Å²) in [6.07, 6.45) is 1.24. The average Bonchev–Trinajstić information content (AvgIpc) is 2.69. The Morgan fingerprint density at radius 2 is 1.74 bits per heavy atom. The molecule has 142 valence electrons. The molecule has 0 aromatic heterocycles. The molecule has 0 fully saturated rings. The minimum atomic E-state index is -0.0227. The quantitative estimate of drug-likeness (QED) is 0.577. The number of phenolic OH excluding ortho intramolecular Hbond substituents is 1. The fourth-order valence-electron chi connectivity index (χ4n) is 2.60. The Morgan fingerprint density at radius 3 is 2.37 bits per heavy atom. The summed E-state index contributed by atoms with van der Waals surface area (Å²) in [6, 6.07) is 8.95. The van der Waals surface area contributed by atoms with Crippen LogP contribution < -0.4 is 14.2 Å². The number of benzene rings is 2. The van der Waals surface area contributed by atoms with E-state index in [0.717, 1.165) is 11.1 Å². The van der Waals surface area contributed by atoms with Crippen LogP contribution in [-0.2, 0) is 0 Å². The molecule has 0 aliphatic carbocycles. The van der Waals surface area contributed by atoms with Gasteiger partial charge in [-0.3, -0.25) is 0 Å². The fourth-order valence-corrected chi connectivity index (χ4v) is 2.60. The maximum atomic E-state index is 10.2. The van der Waals surface area contributed by atoms with Gasteiger partial charge in [0.1, 0.15) is 5.75 Å². The van der Waals surface area contributed by atoms with E-state index in [2.05, 4.69) is 18.4 Å². The van der Waals surface area contributed by atoms with Crippen molar-refractivity contribution in [3.05, 3.63) is 53.6 Å². The first-order chi connectivity index (χ1) is 13.0. The summed E-state index contributed by atoms with van der Waals surface area (Å²) in [7, 11) is 4.57. The smallest absolute Gasteiger partial charge is 0.203 e. The highest BCUT2D eigenvalue weighted by Gasteiger charge is 2.14. The van der Waals surface area contributed by atoms with E-state index in [4.69, 9.17) is 19.3 Å². The van der Waals surface area contributed by atoms with Crippen LogP contribution in [-0.4, -0.2) is 38.1 Å². The van der Waals surface area contributed by atoms with Crippen molar-refractivity contribution in [3.8, 4) is 34.8 Å². The standard InChI is InChI=1S/C22H24O5/c1-15(18-13-19(24)22(27-4)21(14-18)26-3)16-9-10-20(25-2)17(12-16)8-6-5-7-11-23/h9-10,12-14,23-24H,1,5,7,11H2,2-4H3. The van der Waals surface area contributed by atoms with Gasteiger partial charge >= 0.3 is 0 Å². The van der Waals surface area contributed by atoms with Gasteiger partial charge in [0.2, 0.25) is 5.75 Å². The second kappa shape index (κ2) is 9.56. The van der Waals surface area contributed by atoms with Gasteiger partial charge in [-0.2, -0.15) is 0 Å². The number of hydrogen-bond acceptors (Lipinski definition) is 5. The molecule has 0 bridgehead atoms. The Labute approximate surface area is 159 Å². The summed E-state index contributed by atoms with van der Waals surface area (Å²) in [5.74, 6) is 7.45. The second-order valence-electron chi connectivity index (χ2n) is 5.75. The number of ether oxygens (including phenoxy) is 3. The third-order valence-corrected chi connectivity index (χ3v) is 4.04. The van der Waals surface area contributed by atoms with Crippen molar-refractivity contribution < 1.29 is 24.4 Å². The van der Waals surface area contributed by atoms with Crippen molar-refractivity contribution in [1.82, 2.24) is 0 Å². The minimum Gasteiger partial charge on any atom is -0.504 e. The van der Waals surface area contributed by atoms with Crippen LogP contribution in [0.15, 0.2) is 36.9 Å². The predicted molar refractivity (Wildman–Crippen MR) is 106 cm³/mol. The fraction of sp³-hybridized carbons (Fsp3) is 0.273. The zero-order valence-corrected chi connectivity index (χ0v) is 15.8. The van der Waals surface area contributed by atoms with Crippen molar-refractivity contribution in [2.45, 2.75) is 12.8 Å². The number of aliphatic hydroxyl groups excluding tert-OH is 1. The molecule has 0 radical (unpaired) electrons. The highest BCUT2D eigenvalue weighted by molar-refractivity contribution is 5.81. The zero-order valence-electron chi connectivity index (χ0n) is 15.8. The highest BCUT2D eigenvalue weighted by atomic mass is 16.5. The summed E-state index contributed by atoms with van der Waals surface area (Å²) in [4.78, 5) is 0. The zero-order chi connectivity index (χ0) is 19.8. The van der Waals surface area contributed by atoms with Gasteiger partial charge in [-0.05, 0) is 47.4 Å². The molecule has 0 heterocycles. The van der Waals surface area contributed by atoms with Gasteiger partial charge < -0.3 is 24.4 Å². The van der Waals surface area contributed by atoms with Crippen molar-refractivity contribution in [2.24, 2.45) is 0 Å². The third kappa shape index (κ3) is 4.75. The van der Waals surface area contributed by atoms with Crippen LogP contribution >= 0.6 is 0 Å². The average molecular weight is 368 g/mol. The summed E-state index contributed by atoms with van der Waals surface area (Å²) < 4.78 is 15.8. The number of hydrogen-bond donors (Lipinski definition) is 2. The maximum Gasteiger partial charge on any atom is 0.203 e. The van der Waals surface area contributed by atoms with Crippen LogP contribution in [0.5, 0.6) is 23.0 Å². The highest BCUT2D eigenvalue weighted by Crippen LogP contribution is 2.40. The van der Waals surface area contributed by atoms with Crippen molar-refractivity contribution >= 4 is 5.57 Å². The number of phenols is 1. The normalized spacial score (nSPS) is 9.93. The number of unbranched alkanes of at least 4 members (excludes halogenated alkanes) is 1. The van der Waals surface area contributed by atoms with E-state index in [0.29, 0.717) is 35.5 Å². The van der Waals surface area contributed by atoms with Crippen molar-refractivity contribution in [2.75, 3.05) is 27.9 Å². The molecule has 0 spiro atoms. The van der Waals surface area contributed by atoms with Crippen LogP contribution in [0.1, 0.15) is 29.5 Å². The molecular weight excluding hydrogens is 344 g/mol. The molecule has 2 aromatic rings. The number of rotatable bonds is 7.